The van der Waals surface area contributed by atoms with Crippen molar-refractivity contribution in [1.82, 2.24) is 9.97 Å². The molecule has 32 heavy (non-hydrogen) atoms. The van der Waals surface area contributed by atoms with Crippen molar-refractivity contribution in [3.63, 3.8) is 0 Å². The van der Waals surface area contributed by atoms with Crippen molar-refractivity contribution in [3.8, 4) is 5.75 Å². The number of hydrogen-bond acceptors (Lipinski definition) is 5. The van der Waals surface area contributed by atoms with Gasteiger partial charge in [0.25, 0.3) is 0 Å². The molecule has 0 saturated heterocycles. The first-order valence-electron chi connectivity index (χ1n) is 10.7. The van der Waals surface area contributed by atoms with Gasteiger partial charge in [-0.3, -0.25) is 0 Å². The average Bonchev–Trinajstić information content (AvgIpc) is 2.83. The maximum absolute atomic E-state index is 5.98. The summed E-state index contributed by atoms with van der Waals surface area (Å²) in [5, 5.41) is 6.81. The molecule has 0 unspecified atom stereocenters. The summed E-state index contributed by atoms with van der Waals surface area (Å²) in [5.41, 5.74) is 9.89. The van der Waals surface area contributed by atoms with Crippen LogP contribution in [0.4, 0.5) is 11.5 Å². The van der Waals surface area contributed by atoms with Gasteiger partial charge in [-0.2, -0.15) is 0 Å². The summed E-state index contributed by atoms with van der Waals surface area (Å²) >= 11 is 0. The second-order valence-corrected chi connectivity index (χ2v) is 7.79. The Labute approximate surface area is 186 Å². The third kappa shape index (κ3) is 4.47. The largest absolute Gasteiger partial charge is 0.489 e. The standard InChI is InChI=1S/C27H24N4O/c28-23-9-12-26-25(16-23)27(31-18-30-26)29-14-13-19-6-10-24(11-7-19)32-17-20-5-8-21-3-1-2-4-22(21)15-20/h1-12,15-16,18H,13-14,17,28H2,(H,29,30,31). The van der Waals surface area contributed by atoms with Crippen molar-refractivity contribution < 1.29 is 4.74 Å². The van der Waals surface area contributed by atoms with Crippen LogP contribution < -0.4 is 15.8 Å². The zero-order chi connectivity index (χ0) is 21.8. The van der Waals surface area contributed by atoms with Crippen LogP contribution >= 0.6 is 0 Å². The highest BCUT2D eigenvalue weighted by Gasteiger charge is 2.04. The number of rotatable bonds is 7. The van der Waals surface area contributed by atoms with Crippen molar-refractivity contribution in [2.45, 2.75) is 13.0 Å². The Bertz CT molecular complexity index is 1370. The highest BCUT2D eigenvalue weighted by molar-refractivity contribution is 5.91. The van der Waals surface area contributed by atoms with Gasteiger partial charge in [0.05, 0.1) is 5.52 Å². The van der Waals surface area contributed by atoms with E-state index in [9.17, 15) is 0 Å². The molecule has 4 aromatic carbocycles. The minimum Gasteiger partial charge on any atom is -0.489 e. The van der Waals surface area contributed by atoms with Crippen LogP contribution in [0.5, 0.6) is 5.75 Å². The molecule has 0 aliphatic carbocycles. The van der Waals surface area contributed by atoms with E-state index in [0.29, 0.717) is 12.3 Å². The van der Waals surface area contributed by atoms with E-state index in [-0.39, 0.29) is 0 Å². The summed E-state index contributed by atoms with van der Waals surface area (Å²) in [4.78, 5) is 8.66. The van der Waals surface area contributed by atoms with Gasteiger partial charge in [-0.1, -0.05) is 48.5 Å². The molecule has 0 atom stereocenters. The highest BCUT2D eigenvalue weighted by atomic mass is 16.5. The van der Waals surface area contributed by atoms with Crippen LogP contribution in [0.2, 0.25) is 0 Å². The third-order valence-electron chi connectivity index (χ3n) is 5.51. The quantitative estimate of drug-likeness (QED) is 0.335. The lowest BCUT2D eigenvalue weighted by Gasteiger charge is -2.10. The molecule has 0 bridgehead atoms. The van der Waals surface area contributed by atoms with E-state index in [4.69, 9.17) is 10.5 Å². The first-order chi connectivity index (χ1) is 15.7. The van der Waals surface area contributed by atoms with E-state index < -0.39 is 0 Å². The molecule has 5 aromatic rings. The molecule has 1 aromatic heterocycles. The zero-order valence-electron chi connectivity index (χ0n) is 17.7. The number of nitrogens with two attached hydrogens (primary N) is 1. The van der Waals surface area contributed by atoms with Crippen LogP contribution in [0.25, 0.3) is 21.7 Å². The minimum atomic E-state index is 0.551. The molecule has 0 aliphatic rings. The highest BCUT2D eigenvalue weighted by Crippen LogP contribution is 2.22. The Hall–Kier alpha value is -4.12. The van der Waals surface area contributed by atoms with Crippen molar-refractivity contribution in [2.24, 2.45) is 0 Å². The van der Waals surface area contributed by atoms with Crippen LogP contribution in [0.15, 0.2) is 91.3 Å². The number of nitrogens with zero attached hydrogens (tertiary/aromatic N) is 2. The monoisotopic (exact) mass is 420 g/mol. The van der Waals surface area contributed by atoms with Crippen molar-refractivity contribution in [2.75, 3.05) is 17.6 Å². The molecule has 1 heterocycles. The lowest BCUT2D eigenvalue weighted by atomic mass is 10.1. The first-order valence-corrected chi connectivity index (χ1v) is 10.7. The molecule has 158 valence electrons. The van der Waals surface area contributed by atoms with Gasteiger partial charge in [0.1, 0.15) is 24.5 Å². The number of aromatic nitrogens is 2. The van der Waals surface area contributed by atoms with E-state index in [2.05, 4.69) is 69.9 Å². The topological polar surface area (TPSA) is 73.1 Å². The summed E-state index contributed by atoms with van der Waals surface area (Å²) in [5.74, 6) is 1.67. The van der Waals surface area contributed by atoms with E-state index in [1.54, 1.807) is 6.33 Å². The van der Waals surface area contributed by atoms with Gasteiger partial charge in [0, 0.05) is 17.6 Å². The maximum atomic E-state index is 5.98. The van der Waals surface area contributed by atoms with Gasteiger partial charge in [-0.15, -0.1) is 0 Å². The normalized spacial score (nSPS) is 11.0. The van der Waals surface area contributed by atoms with Crippen LogP contribution in [0, 0.1) is 0 Å². The fourth-order valence-electron chi connectivity index (χ4n) is 3.79. The second kappa shape index (κ2) is 8.94. The van der Waals surface area contributed by atoms with Gasteiger partial charge < -0.3 is 15.8 Å². The van der Waals surface area contributed by atoms with Crippen LogP contribution in [-0.2, 0) is 13.0 Å². The minimum absolute atomic E-state index is 0.551. The molecule has 0 amide bonds. The van der Waals surface area contributed by atoms with Crippen LogP contribution in [-0.4, -0.2) is 16.5 Å². The number of anilines is 2. The molecule has 5 heteroatoms. The SMILES string of the molecule is Nc1ccc2ncnc(NCCc3ccc(OCc4ccc5ccccc5c4)cc3)c2c1. The molecule has 5 rings (SSSR count). The molecule has 3 N–H and O–H groups in total. The average molecular weight is 421 g/mol. The van der Waals surface area contributed by atoms with Gasteiger partial charge in [0.2, 0.25) is 0 Å². The Balaban J connectivity index is 1.17. The number of nitrogen functional groups attached to an aromatic ring is 1. The zero-order valence-corrected chi connectivity index (χ0v) is 17.7. The molecule has 0 aliphatic heterocycles. The summed E-state index contributed by atoms with van der Waals surface area (Å²) in [6.45, 7) is 1.31. The summed E-state index contributed by atoms with van der Waals surface area (Å²) in [6, 6.07) is 28.7. The van der Waals surface area contributed by atoms with Crippen LogP contribution in [0.3, 0.4) is 0 Å². The number of hydrogen-bond donors (Lipinski definition) is 2. The van der Waals surface area contributed by atoms with Gasteiger partial charge in [-0.05, 0) is 64.7 Å². The van der Waals surface area contributed by atoms with Crippen molar-refractivity contribution >= 4 is 33.2 Å². The molecular formula is C27H24N4O. The maximum Gasteiger partial charge on any atom is 0.137 e. The van der Waals surface area contributed by atoms with Gasteiger partial charge >= 0.3 is 0 Å². The summed E-state index contributed by atoms with van der Waals surface area (Å²) in [6.07, 6.45) is 2.45. The molecule has 0 saturated carbocycles. The van der Waals surface area contributed by atoms with Crippen molar-refractivity contribution in [1.29, 1.82) is 0 Å². The van der Waals surface area contributed by atoms with Gasteiger partial charge in [-0.25, -0.2) is 9.97 Å². The number of ether oxygens (including phenoxy) is 1. The fraction of sp³-hybridized carbons (Fsp3) is 0.111. The Morgan fingerprint density at radius 3 is 2.47 bits per heavy atom. The van der Waals surface area contributed by atoms with Crippen molar-refractivity contribution in [3.05, 3.63) is 102 Å². The smallest absolute Gasteiger partial charge is 0.137 e. The molecule has 0 radical (unpaired) electrons. The lowest BCUT2D eigenvalue weighted by Crippen LogP contribution is -2.07. The van der Waals surface area contributed by atoms with E-state index >= 15 is 0 Å². The third-order valence-corrected chi connectivity index (χ3v) is 5.51. The van der Waals surface area contributed by atoms with Crippen LogP contribution in [0.1, 0.15) is 11.1 Å². The predicted molar refractivity (Wildman–Crippen MR) is 131 cm³/mol. The Morgan fingerprint density at radius 2 is 1.59 bits per heavy atom. The molecule has 0 fully saturated rings. The summed E-state index contributed by atoms with van der Waals surface area (Å²) in [7, 11) is 0. The first kappa shape index (κ1) is 19.8. The number of fused-ring (bicyclic) bond motifs is 2. The molecular weight excluding hydrogens is 396 g/mol. The van der Waals surface area contributed by atoms with Gasteiger partial charge in [0.15, 0.2) is 0 Å². The second-order valence-electron chi connectivity index (χ2n) is 7.79. The molecule has 0 spiro atoms. The van der Waals surface area contributed by atoms with E-state index in [1.807, 2.05) is 30.3 Å². The summed E-state index contributed by atoms with van der Waals surface area (Å²) < 4.78 is 5.98. The molecule has 5 nitrogen and oxygen atoms in total. The Kier molecular flexibility index (Phi) is 5.54. The Morgan fingerprint density at radius 1 is 0.781 bits per heavy atom. The van der Waals surface area contributed by atoms with E-state index in [1.165, 1.54) is 16.3 Å². The number of benzene rings is 4. The van der Waals surface area contributed by atoms with E-state index in [0.717, 1.165) is 41.0 Å². The lowest BCUT2D eigenvalue weighted by molar-refractivity contribution is 0.306. The number of nitrogens with one attached hydrogen (secondary N) is 1. The predicted octanol–water partition coefficient (Wildman–Crippen LogP) is 5.60. The fourth-order valence-corrected chi connectivity index (χ4v) is 3.79.